The van der Waals surface area contributed by atoms with Gasteiger partial charge in [-0.2, -0.15) is 0 Å². The first kappa shape index (κ1) is 22.5. The van der Waals surface area contributed by atoms with E-state index in [1.807, 2.05) is 19.9 Å². The number of imide groups is 1. The fraction of sp³-hybridized carbons (Fsp3) is 0.308. The zero-order chi connectivity index (χ0) is 24.1. The fourth-order valence-electron chi connectivity index (χ4n) is 5.41. The van der Waals surface area contributed by atoms with Crippen molar-refractivity contribution in [1.82, 2.24) is 0 Å². The predicted octanol–water partition coefficient (Wildman–Crippen LogP) is 4.25. The Kier molecular flexibility index (Phi) is 5.64. The highest BCUT2D eigenvalue weighted by molar-refractivity contribution is 9.10. The zero-order valence-corrected chi connectivity index (χ0v) is 20.3. The van der Waals surface area contributed by atoms with Gasteiger partial charge in [0.15, 0.2) is 6.61 Å². The summed E-state index contributed by atoms with van der Waals surface area (Å²) < 4.78 is 6.05. The van der Waals surface area contributed by atoms with Crippen LogP contribution in [-0.4, -0.2) is 30.3 Å². The van der Waals surface area contributed by atoms with Crippen molar-refractivity contribution in [1.29, 1.82) is 0 Å². The smallest absolute Gasteiger partial charge is 0.338 e. The first-order valence-electron chi connectivity index (χ1n) is 11.1. The van der Waals surface area contributed by atoms with Crippen LogP contribution in [0.2, 0.25) is 0 Å². The normalized spacial score (nSPS) is 24.8. The molecule has 1 saturated heterocycles. The number of rotatable bonds is 5. The number of carbonyl (C=O) groups is 4. The van der Waals surface area contributed by atoms with Crippen LogP contribution in [0.4, 0.5) is 11.4 Å². The molecule has 2 aromatic carbocycles. The topological polar surface area (TPSA) is 92.8 Å². The summed E-state index contributed by atoms with van der Waals surface area (Å²) >= 11 is 3.40. The Labute approximate surface area is 205 Å². The molecule has 0 radical (unpaired) electrons. The van der Waals surface area contributed by atoms with Crippen LogP contribution >= 0.6 is 15.9 Å². The molecule has 4 atom stereocenters. The van der Waals surface area contributed by atoms with Crippen LogP contribution in [-0.2, 0) is 19.1 Å². The van der Waals surface area contributed by atoms with E-state index in [1.165, 1.54) is 22.6 Å². The van der Waals surface area contributed by atoms with Crippen LogP contribution in [0.15, 0.2) is 58.6 Å². The molecule has 2 aromatic rings. The summed E-state index contributed by atoms with van der Waals surface area (Å²) in [6.45, 7) is 3.50. The molecule has 34 heavy (non-hydrogen) atoms. The lowest BCUT2D eigenvalue weighted by Crippen LogP contribution is -2.33. The molecule has 0 unspecified atom stereocenters. The Hall–Kier alpha value is -3.26. The number of allylic oxidation sites excluding steroid dienone is 2. The number of carbonyl (C=O) groups excluding carboxylic acids is 4. The lowest BCUT2D eigenvalue weighted by Gasteiger charge is -2.19. The number of ether oxygens (including phenoxy) is 1. The number of benzene rings is 2. The van der Waals surface area contributed by atoms with Crippen molar-refractivity contribution >= 4 is 51.0 Å². The van der Waals surface area contributed by atoms with Gasteiger partial charge in [0, 0.05) is 10.2 Å². The van der Waals surface area contributed by atoms with Crippen LogP contribution in [0.3, 0.4) is 0 Å². The van der Waals surface area contributed by atoms with Crippen molar-refractivity contribution in [3.05, 3.63) is 69.7 Å². The second kappa shape index (κ2) is 8.51. The summed E-state index contributed by atoms with van der Waals surface area (Å²) in [5.74, 6) is -1.71. The van der Waals surface area contributed by atoms with Gasteiger partial charge in [0.25, 0.3) is 5.91 Å². The standard InChI is InChI=1S/C26H23BrN2O5/c1-13-9-16-11-19(13)23-22(16)24(31)29(25(23)32)18-6-3-15(4-7-18)26(33)34-12-21(30)28-17-5-8-20(27)14(2)10-17/h3-10,16,19,22-23H,11-12H2,1-2H3,(H,28,30)/t16-,19+,22-,23+/m0/s1. The lowest BCUT2D eigenvalue weighted by molar-refractivity contribution is -0.123. The third kappa shape index (κ3) is 3.76. The minimum atomic E-state index is -0.664. The maximum absolute atomic E-state index is 13.1. The summed E-state index contributed by atoms with van der Waals surface area (Å²) in [4.78, 5) is 51.9. The molecule has 2 aliphatic carbocycles. The molecule has 2 fully saturated rings. The number of fused-ring (bicyclic) bond motifs is 5. The SMILES string of the molecule is CC1=C[C@H]2C[C@H]1[C@H]1C(=O)N(c3ccc(C(=O)OCC(=O)Nc4ccc(Br)c(C)c4)cc3)C(=O)[C@H]12. The predicted molar refractivity (Wildman–Crippen MR) is 129 cm³/mol. The number of hydrogen-bond donors (Lipinski definition) is 1. The van der Waals surface area contributed by atoms with Gasteiger partial charge >= 0.3 is 5.97 Å². The molecule has 5 rings (SSSR count). The van der Waals surface area contributed by atoms with E-state index < -0.39 is 18.5 Å². The Balaban J connectivity index is 1.20. The first-order chi connectivity index (χ1) is 16.2. The Morgan fingerprint density at radius 3 is 2.47 bits per heavy atom. The van der Waals surface area contributed by atoms with Crippen molar-refractivity contribution in [2.24, 2.45) is 23.7 Å². The van der Waals surface area contributed by atoms with Gasteiger partial charge in [0.05, 0.1) is 23.1 Å². The molecule has 1 aliphatic heterocycles. The van der Waals surface area contributed by atoms with Gasteiger partial charge < -0.3 is 10.1 Å². The molecule has 3 aliphatic rings. The molecule has 3 amide bonds. The van der Waals surface area contributed by atoms with Gasteiger partial charge in [-0.15, -0.1) is 0 Å². The van der Waals surface area contributed by atoms with E-state index in [2.05, 4.69) is 27.3 Å². The summed E-state index contributed by atoms with van der Waals surface area (Å²) in [5, 5.41) is 2.68. The third-order valence-electron chi connectivity index (χ3n) is 7.02. The third-order valence-corrected chi connectivity index (χ3v) is 7.91. The second-order valence-electron chi connectivity index (χ2n) is 9.12. The van der Waals surface area contributed by atoms with Gasteiger partial charge in [0.2, 0.25) is 11.8 Å². The molecule has 1 heterocycles. The van der Waals surface area contributed by atoms with Crippen molar-refractivity contribution < 1.29 is 23.9 Å². The van der Waals surface area contributed by atoms with Crippen molar-refractivity contribution in [3.63, 3.8) is 0 Å². The minimum Gasteiger partial charge on any atom is -0.452 e. The molecule has 174 valence electrons. The van der Waals surface area contributed by atoms with Gasteiger partial charge in [-0.1, -0.05) is 27.6 Å². The highest BCUT2D eigenvalue weighted by atomic mass is 79.9. The number of nitrogens with zero attached hydrogens (tertiary/aromatic N) is 1. The van der Waals surface area contributed by atoms with Crippen LogP contribution in [0, 0.1) is 30.6 Å². The molecule has 0 spiro atoms. The number of aryl methyl sites for hydroxylation is 1. The van der Waals surface area contributed by atoms with E-state index >= 15 is 0 Å². The molecule has 7 nitrogen and oxygen atoms in total. The minimum absolute atomic E-state index is 0.137. The van der Waals surface area contributed by atoms with Gasteiger partial charge in [-0.05, 0) is 80.1 Å². The highest BCUT2D eigenvalue weighted by Crippen LogP contribution is 2.55. The molecule has 8 heteroatoms. The van der Waals surface area contributed by atoms with Crippen molar-refractivity contribution in [3.8, 4) is 0 Å². The zero-order valence-electron chi connectivity index (χ0n) is 18.7. The Morgan fingerprint density at radius 1 is 1.06 bits per heavy atom. The molecule has 1 N–H and O–H groups in total. The molecule has 2 bridgehead atoms. The maximum atomic E-state index is 13.1. The summed E-state index contributed by atoms with van der Waals surface area (Å²) in [6.07, 6.45) is 3.01. The fourth-order valence-corrected chi connectivity index (χ4v) is 5.66. The van der Waals surface area contributed by atoms with Gasteiger partial charge in [-0.25, -0.2) is 4.79 Å². The van der Waals surface area contributed by atoms with E-state index in [0.717, 1.165) is 16.5 Å². The average Bonchev–Trinajstić information content (AvgIpc) is 3.45. The number of esters is 1. The van der Waals surface area contributed by atoms with E-state index in [-0.39, 0.29) is 41.0 Å². The molecular formula is C26H23BrN2O5. The van der Waals surface area contributed by atoms with Crippen LogP contribution in [0.25, 0.3) is 0 Å². The largest absolute Gasteiger partial charge is 0.452 e. The lowest BCUT2D eigenvalue weighted by atomic mass is 9.82. The molecular weight excluding hydrogens is 500 g/mol. The van der Waals surface area contributed by atoms with E-state index in [4.69, 9.17) is 4.74 Å². The van der Waals surface area contributed by atoms with Gasteiger partial charge in [0.1, 0.15) is 0 Å². The summed E-state index contributed by atoms with van der Waals surface area (Å²) in [5.41, 5.74) is 3.45. The average molecular weight is 523 g/mol. The summed E-state index contributed by atoms with van der Waals surface area (Å²) in [6, 6.07) is 11.5. The van der Waals surface area contributed by atoms with E-state index in [1.54, 1.807) is 24.3 Å². The number of amides is 3. The number of hydrogen-bond acceptors (Lipinski definition) is 5. The number of nitrogens with one attached hydrogen (secondary N) is 1. The second-order valence-corrected chi connectivity index (χ2v) is 9.97. The number of halogens is 1. The molecule has 1 saturated carbocycles. The van der Waals surface area contributed by atoms with Crippen LogP contribution in [0.1, 0.15) is 29.3 Å². The highest BCUT2D eigenvalue weighted by Gasteiger charge is 2.60. The summed E-state index contributed by atoms with van der Waals surface area (Å²) in [7, 11) is 0. The van der Waals surface area contributed by atoms with E-state index in [0.29, 0.717) is 11.4 Å². The quantitative estimate of drug-likeness (QED) is 0.360. The van der Waals surface area contributed by atoms with Crippen molar-refractivity contribution in [2.75, 3.05) is 16.8 Å². The Bertz CT molecular complexity index is 1250. The van der Waals surface area contributed by atoms with Gasteiger partial charge in [-0.3, -0.25) is 19.3 Å². The number of anilines is 2. The molecule has 0 aromatic heterocycles. The van der Waals surface area contributed by atoms with Crippen molar-refractivity contribution in [2.45, 2.75) is 20.3 Å². The Morgan fingerprint density at radius 2 is 1.76 bits per heavy atom. The van der Waals surface area contributed by atoms with Crippen LogP contribution < -0.4 is 10.2 Å². The maximum Gasteiger partial charge on any atom is 0.338 e. The first-order valence-corrected chi connectivity index (χ1v) is 11.9. The van der Waals surface area contributed by atoms with E-state index in [9.17, 15) is 19.2 Å². The monoisotopic (exact) mass is 522 g/mol. The van der Waals surface area contributed by atoms with Crippen LogP contribution in [0.5, 0.6) is 0 Å².